The summed E-state index contributed by atoms with van der Waals surface area (Å²) >= 11 is 6.14. The molecule has 0 bridgehead atoms. The molecule has 5 nitrogen and oxygen atoms in total. The fourth-order valence-electron chi connectivity index (χ4n) is 4.02. The van der Waals surface area contributed by atoms with E-state index in [4.69, 9.17) is 16.6 Å². The van der Waals surface area contributed by atoms with Gasteiger partial charge in [-0.2, -0.15) is 13.2 Å². The summed E-state index contributed by atoms with van der Waals surface area (Å²) in [5.74, 6) is 0.153. The standard InChI is InChI=1S/C22H22ClF3N4O/c23-16-8-9-18-17(11-16)28-20(30(18)12-15-5-2-1-3-6-15)13-29-10-4-7-19(29)21(31)27-14-22(24,25)26/h1-3,5-6,8-9,11,19H,4,7,10,12-14H2,(H,27,31). The molecule has 3 aromatic rings. The van der Waals surface area contributed by atoms with Crippen LogP contribution in [-0.4, -0.2) is 45.7 Å². The number of fused-ring (bicyclic) bond motifs is 1. The highest BCUT2D eigenvalue weighted by atomic mass is 35.5. The van der Waals surface area contributed by atoms with Crippen molar-refractivity contribution >= 4 is 28.5 Å². The summed E-state index contributed by atoms with van der Waals surface area (Å²) in [7, 11) is 0. The van der Waals surface area contributed by atoms with Gasteiger partial charge in [-0.3, -0.25) is 9.69 Å². The van der Waals surface area contributed by atoms with Crippen LogP contribution in [0.4, 0.5) is 13.2 Å². The minimum Gasteiger partial charge on any atom is -0.346 e. The number of nitrogens with one attached hydrogen (secondary N) is 1. The number of rotatable bonds is 6. The number of imidazole rings is 1. The molecule has 2 heterocycles. The molecule has 1 aromatic heterocycles. The monoisotopic (exact) mass is 450 g/mol. The van der Waals surface area contributed by atoms with Crippen LogP contribution in [0.3, 0.4) is 0 Å². The third-order valence-electron chi connectivity index (χ3n) is 5.45. The second-order valence-electron chi connectivity index (χ2n) is 7.69. The van der Waals surface area contributed by atoms with Crippen molar-refractivity contribution in [2.75, 3.05) is 13.1 Å². The first-order valence-electron chi connectivity index (χ1n) is 10.1. The smallest absolute Gasteiger partial charge is 0.346 e. The first-order valence-corrected chi connectivity index (χ1v) is 10.4. The fourth-order valence-corrected chi connectivity index (χ4v) is 4.18. The number of aromatic nitrogens is 2. The van der Waals surface area contributed by atoms with Gasteiger partial charge in [0.1, 0.15) is 12.4 Å². The van der Waals surface area contributed by atoms with Crippen LogP contribution < -0.4 is 5.32 Å². The second-order valence-corrected chi connectivity index (χ2v) is 8.13. The largest absolute Gasteiger partial charge is 0.405 e. The SMILES string of the molecule is O=C(NCC(F)(F)F)C1CCCN1Cc1nc2cc(Cl)ccc2n1Cc1ccccc1. The molecular weight excluding hydrogens is 429 g/mol. The highest BCUT2D eigenvalue weighted by Gasteiger charge is 2.34. The Morgan fingerprint density at radius 3 is 2.68 bits per heavy atom. The van der Waals surface area contributed by atoms with E-state index in [0.717, 1.165) is 28.8 Å². The van der Waals surface area contributed by atoms with Crippen LogP contribution >= 0.6 is 11.6 Å². The molecule has 0 aliphatic carbocycles. The number of halogens is 4. The first-order chi connectivity index (χ1) is 14.8. The molecule has 31 heavy (non-hydrogen) atoms. The van der Waals surface area contributed by atoms with Gasteiger partial charge < -0.3 is 9.88 Å². The van der Waals surface area contributed by atoms with E-state index in [1.54, 1.807) is 12.1 Å². The molecule has 0 saturated carbocycles. The van der Waals surface area contributed by atoms with E-state index in [0.29, 0.717) is 31.1 Å². The molecule has 0 radical (unpaired) electrons. The molecule has 1 N–H and O–H groups in total. The molecule has 164 valence electrons. The van der Waals surface area contributed by atoms with Crippen LogP contribution in [0.2, 0.25) is 5.02 Å². The van der Waals surface area contributed by atoms with Crippen molar-refractivity contribution in [3.63, 3.8) is 0 Å². The summed E-state index contributed by atoms with van der Waals surface area (Å²) in [6.45, 7) is 0.261. The molecule has 1 amide bonds. The van der Waals surface area contributed by atoms with Gasteiger partial charge in [-0.15, -0.1) is 0 Å². The highest BCUT2D eigenvalue weighted by molar-refractivity contribution is 6.31. The maximum atomic E-state index is 12.5. The number of amides is 1. The molecule has 0 spiro atoms. The van der Waals surface area contributed by atoms with Gasteiger partial charge in [-0.25, -0.2) is 4.98 Å². The molecule has 1 fully saturated rings. The average Bonchev–Trinajstić information content (AvgIpc) is 3.31. The minimum absolute atomic E-state index is 0.364. The average molecular weight is 451 g/mol. The second kappa shape index (κ2) is 8.88. The maximum Gasteiger partial charge on any atom is 0.405 e. The van der Waals surface area contributed by atoms with E-state index in [1.165, 1.54) is 0 Å². The molecule has 1 saturated heterocycles. The molecule has 1 aliphatic rings. The fraction of sp³-hybridized carbons (Fsp3) is 0.364. The van der Waals surface area contributed by atoms with Crippen molar-refractivity contribution in [3.8, 4) is 0 Å². The van der Waals surface area contributed by atoms with Crippen molar-refractivity contribution in [1.82, 2.24) is 19.8 Å². The number of alkyl halides is 3. The normalized spacial score (nSPS) is 17.4. The third-order valence-corrected chi connectivity index (χ3v) is 5.68. The molecule has 1 unspecified atom stereocenters. The zero-order valence-electron chi connectivity index (χ0n) is 16.7. The number of nitrogens with zero attached hydrogens (tertiary/aromatic N) is 3. The Labute approximate surface area is 182 Å². The lowest BCUT2D eigenvalue weighted by atomic mass is 10.2. The van der Waals surface area contributed by atoms with Crippen LogP contribution in [0.25, 0.3) is 11.0 Å². The summed E-state index contributed by atoms with van der Waals surface area (Å²) in [6, 6.07) is 14.8. The van der Waals surface area contributed by atoms with Crippen LogP contribution in [0.15, 0.2) is 48.5 Å². The summed E-state index contributed by atoms with van der Waals surface area (Å²) in [4.78, 5) is 19.0. The van der Waals surface area contributed by atoms with E-state index < -0.39 is 24.7 Å². The van der Waals surface area contributed by atoms with Crippen molar-refractivity contribution in [2.24, 2.45) is 0 Å². The van der Waals surface area contributed by atoms with E-state index in [9.17, 15) is 18.0 Å². The molecule has 9 heteroatoms. The van der Waals surface area contributed by atoms with E-state index in [2.05, 4.69) is 4.57 Å². The van der Waals surface area contributed by atoms with Gasteiger partial charge in [0, 0.05) is 11.6 Å². The third kappa shape index (κ3) is 5.19. The lowest BCUT2D eigenvalue weighted by Crippen LogP contribution is -2.45. The summed E-state index contributed by atoms with van der Waals surface area (Å²) < 4.78 is 39.6. The van der Waals surface area contributed by atoms with Gasteiger partial charge in [-0.05, 0) is 43.1 Å². The number of benzene rings is 2. The van der Waals surface area contributed by atoms with Crippen LogP contribution in [0.5, 0.6) is 0 Å². The maximum absolute atomic E-state index is 12.5. The number of hydrogen-bond donors (Lipinski definition) is 1. The molecule has 1 aliphatic heterocycles. The number of likely N-dealkylation sites (tertiary alicyclic amines) is 1. The Hall–Kier alpha value is -2.58. The van der Waals surface area contributed by atoms with Crippen molar-refractivity contribution < 1.29 is 18.0 Å². The first kappa shape index (κ1) is 21.6. The van der Waals surface area contributed by atoms with Gasteiger partial charge in [0.05, 0.1) is 23.6 Å². The Bertz CT molecular complexity index is 1070. The van der Waals surface area contributed by atoms with Crippen LogP contribution in [0, 0.1) is 0 Å². The summed E-state index contributed by atoms with van der Waals surface area (Å²) in [5.41, 5.74) is 2.76. The summed E-state index contributed by atoms with van der Waals surface area (Å²) in [5, 5.41) is 2.60. The molecule has 1 atom stereocenters. The lowest BCUT2D eigenvalue weighted by molar-refractivity contribution is -0.141. The molecule has 2 aromatic carbocycles. The van der Waals surface area contributed by atoms with Crippen molar-refractivity contribution in [3.05, 3.63) is 64.9 Å². The Morgan fingerprint density at radius 2 is 1.94 bits per heavy atom. The van der Waals surface area contributed by atoms with Gasteiger partial charge in [-0.1, -0.05) is 41.9 Å². The highest BCUT2D eigenvalue weighted by Crippen LogP contribution is 2.26. The Kier molecular flexibility index (Phi) is 6.20. The predicted octanol–water partition coefficient (Wildman–Crippen LogP) is 4.38. The van der Waals surface area contributed by atoms with E-state index in [-0.39, 0.29) is 0 Å². The van der Waals surface area contributed by atoms with Gasteiger partial charge >= 0.3 is 6.18 Å². The lowest BCUT2D eigenvalue weighted by Gasteiger charge is -2.24. The molecular formula is C22H22ClF3N4O. The zero-order chi connectivity index (χ0) is 22.0. The Morgan fingerprint density at radius 1 is 1.16 bits per heavy atom. The van der Waals surface area contributed by atoms with Gasteiger partial charge in [0.25, 0.3) is 0 Å². The van der Waals surface area contributed by atoms with Crippen LogP contribution in [0.1, 0.15) is 24.2 Å². The van der Waals surface area contributed by atoms with E-state index >= 15 is 0 Å². The van der Waals surface area contributed by atoms with Crippen molar-refractivity contribution in [2.45, 2.75) is 38.1 Å². The number of carbonyl (C=O) groups is 1. The quantitative estimate of drug-likeness (QED) is 0.606. The predicted molar refractivity (Wildman–Crippen MR) is 113 cm³/mol. The Balaban J connectivity index is 1.59. The molecule has 4 rings (SSSR count). The van der Waals surface area contributed by atoms with E-state index in [1.807, 2.05) is 46.6 Å². The minimum atomic E-state index is -4.43. The van der Waals surface area contributed by atoms with Gasteiger partial charge in [0.15, 0.2) is 0 Å². The number of hydrogen-bond acceptors (Lipinski definition) is 3. The topological polar surface area (TPSA) is 50.2 Å². The van der Waals surface area contributed by atoms with Crippen LogP contribution in [-0.2, 0) is 17.9 Å². The summed E-state index contributed by atoms with van der Waals surface area (Å²) in [6.07, 6.45) is -3.16. The van der Waals surface area contributed by atoms with Crippen molar-refractivity contribution in [1.29, 1.82) is 0 Å². The number of carbonyl (C=O) groups excluding carboxylic acids is 1. The zero-order valence-corrected chi connectivity index (χ0v) is 17.5. The van der Waals surface area contributed by atoms with Gasteiger partial charge in [0.2, 0.25) is 5.91 Å².